The summed E-state index contributed by atoms with van der Waals surface area (Å²) in [6.45, 7) is 1.35. The zero-order valence-electron chi connectivity index (χ0n) is 19.2. The van der Waals surface area contributed by atoms with Gasteiger partial charge in [-0.25, -0.2) is 0 Å². The molecule has 2 atom stereocenters. The normalized spacial score (nSPS) is 22.0. The summed E-state index contributed by atoms with van der Waals surface area (Å²) >= 11 is 6.20. The van der Waals surface area contributed by atoms with Crippen molar-refractivity contribution in [3.63, 3.8) is 0 Å². The number of anilines is 1. The van der Waals surface area contributed by atoms with E-state index < -0.39 is 18.1 Å². The number of halogens is 1. The number of carbonyl (C=O) groups excluding carboxylic acids is 2. The number of para-hydroxylation sites is 1. The van der Waals surface area contributed by atoms with Gasteiger partial charge in [-0.05, 0) is 37.2 Å². The second kappa shape index (κ2) is 8.16. The number of ketones is 1. The van der Waals surface area contributed by atoms with Crippen molar-refractivity contribution < 1.29 is 18.5 Å². The highest BCUT2D eigenvalue weighted by molar-refractivity contribution is 6.32. The number of ether oxygens (including phenoxy) is 1. The number of nitrogens with one attached hydrogen (secondary N) is 2. The van der Waals surface area contributed by atoms with Crippen molar-refractivity contribution >= 4 is 29.0 Å². The Morgan fingerprint density at radius 2 is 2.20 bits per heavy atom. The largest absolute Gasteiger partial charge is 0.493 e. The molecule has 0 spiro atoms. The Morgan fingerprint density at radius 3 is 2.90 bits per heavy atom. The number of pyridine rings is 1. The van der Waals surface area contributed by atoms with Gasteiger partial charge in [0.15, 0.2) is 7.16 Å². The van der Waals surface area contributed by atoms with Crippen LogP contribution < -0.4 is 15.4 Å². The standard InChI is InChI=1S/C21H20ClN5O3/c1-12(28)10-17-20(24-15-5-3-4-14(22)19(15)30-2)25-21(29)18-11-16(26-27(17)18)13-6-8-23-9-7-13/h3-9,11,17,20,24H,10H2,1-2H3,(H,25,29)/i11D,20D/hD. The second-order valence-electron chi connectivity index (χ2n) is 6.67. The zero-order valence-corrected chi connectivity index (χ0v) is 17.0. The van der Waals surface area contributed by atoms with E-state index in [2.05, 4.69) is 15.4 Å². The molecule has 0 saturated heterocycles. The third-order valence-electron chi connectivity index (χ3n) is 4.58. The molecule has 0 radical (unpaired) electrons. The van der Waals surface area contributed by atoms with Crippen LogP contribution in [-0.2, 0) is 4.79 Å². The average Bonchev–Trinajstić information content (AvgIpc) is 3.13. The number of carbonyl (C=O) groups is 2. The number of methoxy groups -OCH3 is 1. The molecule has 9 heteroatoms. The van der Waals surface area contributed by atoms with Crippen molar-refractivity contribution in [1.82, 2.24) is 20.1 Å². The number of hydrogen-bond donors (Lipinski definition) is 2. The first kappa shape index (κ1) is 16.4. The molecule has 0 saturated carbocycles. The van der Waals surface area contributed by atoms with Crippen molar-refractivity contribution in [2.75, 3.05) is 12.4 Å². The lowest BCUT2D eigenvalue weighted by Crippen LogP contribution is -2.52. The molecule has 4 rings (SSSR count). The number of aromatic nitrogens is 3. The lowest BCUT2D eigenvalue weighted by molar-refractivity contribution is -0.118. The predicted molar refractivity (Wildman–Crippen MR) is 113 cm³/mol. The third-order valence-corrected chi connectivity index (χ3v) is 4.88. The first-order valence-corrected chi connectivity index (χ1v) is 9.50. The van der Waals surface area contributed by atoms with Crippen LogP contribution in [0.5, 0.6) is 5.75 Å². The Morgan fingerprint density at radius 1 is 1.43 bits per heavy atom. The molecule has 0 fully saturated rings. The summed E-state index contributed by atoms with van der Waals surface area (Å²) in [5, 5.41) is 7.98. The molecule has 1 aliphatic rings. The number of nitrogens with zero attached hydrogens (tertiary/aromatic N) is 3. The molecule has 1 amide bonds. The first-order valence-electron chi connectivity index (χ1n) is 10.6. The van der Waals surface area contributed by atoms with Crippen LogP contribution in [0, 0.1) is 0 Å². The monoisotopic (exact) mass is 428 g/mol. The van der Waals surface area contributed by atoms with E-state index in [1.165, 1.54) is 31.1 Å². The highest BCUT2D eigenvalue weighted by Gasteiger charge is 2.36. The lowest BCUT2D eigenvalue weighted by Gasteiger charge is -2.34. The van der Waals surface area contributed by atoms with Crippen LogP contribution in [-0.4, -0.2) is 39.7 Å². The van der Waals surface area contributed by atoms with Gasteiger partial charge in [0, 0.05) is 24.4 Å². The molecule has 2 N–H and O–H groups in total. The van der Waals surface area contributed by atoms with Crippen LogP contribution in [0.4, 0.5) is 5.69 Å². The maximum absolute atomic E-state index is 13.2. The predicted octanol–water partition coefficient (Wildman–Crippen LogP) is 3.31. The van der Waals surface area contributed by atoms with Crippen LogP contribution in [0.3, 0.4) is 0 Å². The topological polar surface area (TPSA) is 98.1 Å². The van der Waals surface area contributed by atoms with E-state index in [1.807, 2.05) is 0 Å². The SMILES string of the molecule is [2H]c1c(-c2ccncc2)nn2c1C(=O)N([2H])C([2H])(Nc1cccc(Cl)c1OC)C2CC(C)=O. The van der Waals surface area contributed by atoms with E-state index in [0.717, 1.165) is 0 Å². The maximum Gasteiger partial charge on any atom is 0.271 e. The van der Waals surface area contributed by atoms with Crippen molar-refractivity contribution in [1.29, 1.82) is 0 Å². The average molecular weight is 429 g/mol. The minimum absolute atomic E-state index is 0.175. The van der Waals surface area contributed by atoms with E-state index in [9.17, 15) is 9.59 Å². The number of Topliss-reactive ketones (excluding diaryl/α,β-unsaturated/α-hetero) is 1. The molecule has 1 aromatic carbocycles. The van der Waals surface area contributed by atoms with Crippen molar-refractivity contribution in [2.45, 2.75) is 25.5 Å². The molecule has 3 heterocycles. The summed E-state index contributed by atoms with van der Waals surface area (Å²) in [5.74, 6) is -0.966. The second-order valence-corrected chi connectivity index (χ2v) is 7.08. The van der Waals surface area contributed by atoms with Crippen LogP contribution in [0.2, 0.25) is 6.43 Å². The highest BCUT2D eigenvalue weighted by atomic mass is 35.5. The molecule has 0 bridgehead atoms. The molecule has 2 unspecified atom stereocenters. The number of rotatable bonds is 6. The Balaban J connectivity index is 1.89. The number of hydrogen-bond acceptors (Lipinski definition) is 6. The van der Waals surface area contributed by atoms with E-state index in [4.69, 9.17) is 20.5 Å². The van der Waals surface area contributed by atoms with Crippen molar-refractivity contribution in [3.8, 4) is 17.0 Å². The molecule has 8 nitrogen and oxygen atoms in total. The van der Waals surface area contributed by atoms with Gasteiger partial charge in [0.05, 0.1) is 32.3 Å². The molecular formula is C21H20ClN5O3. The van der Waals surface area contributed by atoms with Gasteiger partial charge in [0.2, 0.25) is 0 Å². The summed E-state index contributed by atoms with van der Waals surface area (Å²) < 4.78 is 32.7. The molecule has 154 valence electrons. The van der Waals surface area contributed by atoms with Crippen LogP contribution >= 0.6 is 11.6 Å². The Kier molecular flexibility index (Phi) is 4.46. The lowest BCUT2D eigenvalue weighted by atomic mass is 10.0. The summed E-state index contributed by atoms with van der Waals surface area (Å²) in [4.78, 5) is 29.3. The minimum Gasteiger partial charge on any atom is -0.493 e. The quantitative estimate of drug-likeness (QED) is 0.625. The summed E-state index contributed by atoms with van der Waals surface area (Å²) in [5.41, 5.74) is 0.815. The molecule has 0 aliphatic carbocycles. The zero-order chi connectivity index (χ0) is 23.9. The minimum atomic E-state index is -2.16. The van der Waals surface area contributed by atoms with Crippen LogP contribution in [0.25, 0.3) is 11.3 Å². The van der Waals surface area contributed by atoms with Crippen molar-refractivity contribution in [3.05, 3.63) is 59.5 Å². The van der Waals surface area contributed by atoms with Gasteiger partial charge in [-0.2, -0.15) is 5.10 Å². The Hall–Kier alpha value is -3.39. The van der Waals surface area contributed by atoms with Crippen molar-refractivity contribution in [2.24, 2.45) is 0 Å². The van der Waals surface area contributed by atoms with Crippen LogP contribution in [0.15, 0.2) is 48.8 Å². The smallest absolute Gasteiger partial charge is 0.271 e. The molecule has 30 heavy (non-hydrogen) atoms. The highest BCUT2D eigenvalue weighted by Crippen LogP contribution is 2.35. The molecule has 1 aliphatic heterocycles. The van der Waals surface area contributed by atoms with Gasteiger partial charge in [0.25, 0.3) is 5.91 Å². The first-order chi connectivity index (χ1) is 15.7. The summed E-state index contributed by atoms with van der Waals surface area (Å²) in [7, 11) is 1.40. The Bertz CT molecular complexity index is 1240. The van der Waals surface area contributed by atoms with Gasteiger partial charge < -0.3 is 15.4 Å². The summed E-state index contributed by atoms with van der Waals surface area (Å²) in [6, 6.07) is 6.76. The fourth-order valence-corrected chi connectivity index (χ4v) is 3.49. The fourth-order valence-electron chi connectivity index (χ4n) is 3.24. The van der Waals surface area contributed by atoms with E-state index in [-0.39, 0.29) is 46.1 Å². The molecular weight excluding hydrogens is 406 g/mol. The number of fused-ring (bicyclic) bond motifs is 1. The molecule has 2 aromatic heterocycles. The van der Waals surface area contributed by atoms with Gasteiger partial charge in [-0.15, -0.1) is 0 Å². The number of amides is 1. The Labute approximate surface area is 182 Å². The summed E-state index contributed by atoms with van der Waals surface area (Å²) in [6.07, 6.45) is 0.675. The van der Waals surface area contributed by atoms with Gasteiger partial charge in [0.1, 0.15) is 17.6 Å². The van der Waals surface area contributed by atoms with Gasteiger partial charge >= 0.3 is 0 Å². The van der Waals surface area contributed by atoms with E-state index >= 15 is 0 Å². The van der Waals surface area contributed by atoms with E-state index in [0.29, 0.717) is 10.9 Å². The fraction of sp³-hybridized carbons (Fsp3) is 0.238. The molecule has 3 aromatic rings. The van der Waals surface area contributed by atoms with Gasteiger partial charge in [-0.3, -0.25) is 19.3 Å². The maximum atomic E-state index is 13.2. The van der Waals surface area contributed by atoms with Gasteiger partial charge in [-0.1, -0.05) is 17.7 Å². The number of benzene rings is 1. The van der Waals surface area contributed by atoms with Crippen LogP contribution in [0.1, 0.15) is 32.6 Å². The third kappa shape index (κ3) is 3.73. The van der Waals surface area contributed by atoms with E-state index in [1.54, 1.807) is 30.3 Å².